The number of methoxy groups -OCH3 is 1. The zero-order valence-electron chi connectivity index (χ0n) is 13.7. The van der Waals surface area contributed by atoms with Crippen LogP contribution in [0.1, 0.15) is 26.3 Å². The van der Waals surface area contributed by atoms with Crippen molar-refractivity contribution in [1.82, 2.24) is 10.2 Å². The van der Waals surface area contributed by atoms with Gasteiger partial charge in [-0.05, 0) is 39.0 Å². The monoisotopic (exact) mass is 326 g/mol. The van der Waals surface area contributed by atoms with E-state index in [2.05, 4.69) is 5.32 Å². The van der Waals surface area contributed by atoms with Crippen LogP contribution in [0.25, 0.3) is 0 Å². The van der Waals surface area contributed by atoms with Crippen LogP contribution in [0.15, 0.2) is 18.2 Å². The normalized spacial score (nSPS) is 11.0. The average molecular weight is 327 g/mol. The van der Waals surface area contributed by atoms with Gasteiger partial charge in [-0.3, -0.25) is 9.59 Å². The van der Waals surface area contributed by atoms with E-state index < -0.39 is 0 Å². The van der Waals surface area contributed by atoms with Crippen LogP contribution in [0.4, 0.5) is 0 Å². The van der Waals surface area contributed by atoms with Crippen molar-refractivity contribution in [2.24, 2.45) is 0 Å². The molecule has 0 unspecified atom stereocenters. The van der Waals surface area contributed by atoms with Crippen molar-refractivity contribution in [3.8, 4) is 5.75 Å². The molecule has 0 aliphatic heterocycles. The lowest BCUT2D eigenvalue weighted by molar-refractivity contribution is -0.134. The Morgan fingerprint density at radius 2 is 1.95 bits per heavy atom. The van der Waals surface area contributed by atoms with Crippen LogP contribution in [-0.4, -0.2) is 43.0 Å². The fraction of sp³-hybridized carbons (Fsp3) is 0.500. The van der Waals surface area contributed by atoms with Crippen LogP contribution in [0.5, 0.6) is 5.75 Å². The third-order valence-corrected chi connectivity index (χ3v) is 3.14. The van der Waals surface area contributed by atoms with E-state index >= 15 is 0 Å². The predicted molar refractivity (Wildman–Crippen MR) is 87.2 cm³/mol. The Morgan fingerprint density at radius 1 is 1.32 bits per heavy atom. The molecule has 0 aliphatic carbocycles. The molecule has 0 saturated heterocycles. The van der Waals surface area contributed by atoms with Crippen molar-refractivity contribution in [1.29, 1.82) is 0 Å². The van der Waals surface area contributed by atoms with Crippen molar-refractivity contribution >= 4 is 23.4 Å². The van der Waals surface area contributed by atoms with E-state index in [1.165, 1.54) is 12.0 Å². The smallest absolute Gasteiger partial charge is 0.240 e. The molecule has 6 heteroatoms. The molecule has 0 heterocycles. The van der Waals surface area contributed by atoms with Gasteiger partial charge < -0.3 is 15.0 Å². The van der Waals surface area contributed by atoms with Gasteiger partial charge in [0.2, 0.25) is 11.8 Å². The van der Waals surface area contributed by atoms with Gasteiger partial charge >= 0.3 is 0 Å². The zero-order valence-corrected chi connectivity index (χ0v) is 14.5. The molecular weight excluding hydrogens is 304 g/mol. The number of hydrogen-bond acceptors (Lipinski definition) is 3. The maximum Gasteiger partial charge on any atom is 0.240 e. The lowest BCUT2D eigenvalue weighted by Crippen LogP contribution is -2.46. The van der Waals surface area contributed by atoms with Crippen molar-refractivity contribution in [3.05, 3.63) is 28.8 Å². The Hall–Kier alpha value is -1.75. The first kappa shape index (κ1) is 18.3. The molecule has 0 aromatic heterocycles. The van der Waals surface area contributed by atoms with Crippen LogP contribution in [0.3, 0.4) is 0 Å². The van der Waals surface area contributed by atoms with Crippen LogP contribution >= 0.6 is 11.6 Å². The number of amides is 2. The molecule has 122 valence electrons. The number of benzene rings is 1. The van der Waals surface area contributed by atoms with E-state index in [0.29, 0.717) is 16.3 Å². The largest absolute Gasteiger partial charge is 0.496 e. The topological polar surface area (TPSA) is 58.6 Å². The first-order chi connectivity index (χ1) is 10.1. The van der Waals surface area contributed by atoms with Crippen molar-refractivity contribution in [2.75, 3.05) is 20.7 Å². The number of carbonyl (C=O) groups excluding carboxylic acids is 2. The molecular formula is C16H23ClN2O3. The third kappa shape index (κ3) is 5.93. The second-order valence-corrected chi connectivity index (χ2v) is 6.62. The molecule has 0 spiro atoms. The minimum absolute atomic E-state index is 0.0129. The number of nitrogens with one attached hydrogen (secondary N) is 1. The molecule has 1 N–H and O–H groups in total. The Morgan fingerprint density at radius 3 is 2.50 bits per heavy atom. The maximum absolute atomic E-state index is 12.2. The summed E-state index contributed by atoms with van der Waals surface area (Å²) in [6, 6.07) is 5.12. The number of carbonyl (C=O) groups is 2. The van der Waals surface area contributed by atoms with Crippen LogP contribution < -0.4 is 10.1 Å². The molecule has 5 nitrogen and oxygen atoms in total. The van der Waals surface area contributed by atoms with Gasteiger partial charge in [0.05, 0.1) is 20.1 Å². The van der Waals surface area contributed by atoms with Gasteiger partial charge in [-0.1, -0.05) is 11.6 Å². The molecule has 0 saturated carbocycles. The van der Waals surface area contributed by atoms with Crippen molar-refractivity contribution < 1.29 is 14.3 Å². The van der Waals surface area contributed by atoms with E-state index in [1.807, 2.05) is 20.8 Å². The molecule has 22 heavy (non-hydrogen) atoms. The van der Waals surface area contributed by atoms with Gasteiger partial charge in [-0.15, -0.1) is 0 Å². The number of nitrogens with zero attached hydrogens (tertiary/aromatic N) is 1. The summed E-state index contributed by atoms with van der Waals surface area (Å²) in [5.74, 6) is 0.233. The average Bonchev–Trinajstić information content (AvgIpc) is 2.36. The molecule has 0 aliphatic rings. The van der Waals surface area contributed by atoms with E-state index in [0.717, 1.165) is 0 Å². The lowest BCUT2D eigenvalue weighted by Gasteiger charge is -2.23. The number of halogens is 1. The SMILES string of the molecule is COc1ccc(Cl)cc1CC(=O)N(C)CC(=O)NC(C)(C)C. The number of rotatable bonds is 5. The summed E-state index contributed by atoms with van der Waals surface area (Å²) >= 11 is 5.95. The summed E-state index contributed by atoms with van der Waals surface area (Å²) in [5, 5.41) is 3.36. The summed E-state index contributed by atoms with van der Waals surface area (Å²) in [4.78, 5) is 25.5. The van der Waals surface area contributed by atoms with Crippen molar-refractivity contribution in [3.63, 3.8) is 0 Å². The van der Waals surface area contributed by atoms with E-state index in [4.69, 9.17) is 16.3 Å². The van der Waals surface area contributed by atoms with E-state index in [1.54, 1.807) is 25.2 Å². The predicted octanol–water partition coefficient (Wildman–Crippen LogP) is 2.26. The minimum Gasteiger partial charge on any atom is -0.496 e. The number of ether oxygens (including phenoxy) is 1. The van der Waals surface area contributed by atoms with Gasteiger partial charge in [0, 0.05) is 23.2 Å². The molecule has 2 amide bonds. The van der Waals surface area contributed by atoms with E-state index in [9.17, 15) is 9.59 Å². The zero-order chi connectivity index (χ0) is 16.9. The first-order valence-electron chi connectivity index (χ1n) is 7.00. The molecule has 1 aromatic rings. The summed E-state index contributed by atoms with van der Waals surface area (Å²) in [6.45, 7) is 5.69. The molecule has 0 radical (unpaired) electrons. The molecule has 0 bridgehead atoms. The fourth-order valence-corrected chi connectivity index (χ4v) is 2.14. The van der Waals surface area contributed by atoms with Gasteiger partial charge in [0.15, 0.2) is 0 Å². The Balaban J connectivity index is 2.69. The molecule has 0 fully saturated rings. The highest BCUT2D eigenvalue weighted by atomic mass is 35.5. The highest BCUT2D eigenvalue weighted by Crippen LogP contribution is 2.23. The lowest BCUT2D eigenvalue weighted by atomic mass is 10.1. The maximum atomic E-state index is 12.2. The summed E-state index contributed by atoms with van der Waals surface area (Å²) in [5.41, 5.74) is 0.375. The molecule has 1 rings (SSSR count). The van der Waals surface area contributed by atoms with Crippen molar-refractivity contribution in [2.45, 2.75) is 32.7 Å². The Kier molecular flexibility index (Phi) is 6.23. The highest BCUT2D eigenvalue weighted by molar-refractivity contribution is 6.30. The standard InChI is InChI=1S/C16H23ClN2O3/c1-16(2,3)18-14(20)10-19(4)15(21)9-11-8-12(17)6-7-13(11)22-5/h6-8H,9-10H2,1-5H3,(H,18,20). The van der Waals surface area contributed by atoms with Gasteiger partial charge in [0.25, 0.3) is 0 Å². The van der Waals surface area contributed by atoms with Gasteiger partial charge in [-0.25, -0.2) is 0 Å². The van der Waals surface area contributed by atoms with Crippen LogP contribution in [-0.2, 0) is 16.0 Å². The summed E-state index contributed by atoms with van der Waals surface area (Å²) < 4.78 is 5.22. The Bertz CT molecular complexity index is 553. The first-order valence-corrected chi connectivity index (χ1v) is 7.37. The van der Waals surface area contributed by atoms with Gasteiger partial charge in [0.1, 0.15) is 5.75 Å². The summed E-state index contributed by atoms with van der Waals surface area (Å²) in [7, 11) is 3.14. The quantitative estimate of drug-likeness (QED) is 0.903. The molecule has 0 atom stereocenters. The fourth-order valence-electron chi connectivity index (χ4n) is 1.94. The summed E-state index contributed by atoms with van der Waals surface area (Å²) in [6.07, 6.45) is 0.128. The minimum atomic E-state index is -0.322. The van der Waals surface area contributed by atoms with E-state index in [-0.39, 0.29) is 30.3 Å². The Labute approximate surface area is 136 Å². The van der Waals surface area contributed by atoms with Crippen LogP contribution in [0, 0.1) is 0 Å². The third-order valence-electron chi connectivity index (χ3n) is 2.91. The van der Waals surface area contributed by atoms with Crippen LogP contribution in [0.2, 0.25) is 5.02 Å². The number of hydrogen-bond donors (Lipinski definition) is 1. The number of likely N-dealkylation sites (N-methyl/N-ethyl adjacent to an activating group) is 1. The second kappa shape index (κ2) is 7.49. The second-order valence-electron chi connectivity index (χ2n) is 6.18. The highest BCUT2D eigenvalue weighted by Gasteiger charge is 2.19. The molecule has 1 aromatic carbocycles. The van der Waals surface area contributed by atoms with Gasteiger partial charge in [-0.2, -0.15) is 0 Å².